The first-order chi connectivity index (χ1) is 13.2. The predicted molar refractivity (Wildman–Crippen MR) is 113 cm³/mol. The van der Waals surface area contributed by atoms with Crippen LogP contribution >= 0.6 is 0 Å². The zero-order valence-corrected chi connectivity index (χ0v) is 16.4. The van der Waals surface area contributed by atoms with Crippen LogP contribution in [0.15, 0.2) is 42.6 Å². The summed E-state index contributed by atoms with van der Waals surface area (Å²) in [4.78, 5) is 19.1. The fraction of sp³-hybridized carbons (Fsp3) is 0.455. The number of unbranched alkanes of at least 4 members (excludes halogenated alkanes) is 1. The number of amides is 1. The Bertz CT molecular complexity index is 719. The Kier molecular flexibility index (Phi) is 6.69. The molecule has 144 valence electrons. The number of carbonyl (C=O) groups is 1. The lowest BCUT2D eigenvalue weighted by Gasteiger charge is -2.32. The largest absolute Gasteiger partial charge is 0.384 e. The molecule has 5 heteroatoms. The van der Waals surface area contributed by atoms with E-state index in [1.807, 2.05) is 18.2 Å². The molecule has 0 atom stereocenters. The number of pyridine rings is 1. The third-order valence-corrected chi connectivity index (χ3v) is 5.13. The number of anilines is 3. The maximum Gasteiger partial charge on any atom is 0.274 e. The molecule has 5 nitrogen and oxygen atoms in total. The highest BCUT2D eigenvalue weighted by molar-refractivity contribution is 6.03. The van der Waals surface area contributed by atoms with Gasteiger partial charge in [0.15, 0.2) is 0 Å². The van der Waals surface area contributed by atoms with Crippen LogP contribution in [0.1, 0.15) is 50.0 Å². The molecule has 27 heavy (non-hydrogen) atoms. The van der Waals surface area contributed by atoms with E-state index in [1.54, 1.807) is 12.3 Å². The fourth-order valence-electron chi connectivity index (χ4n) is 3.26. The number of rotatable bonds is 7. The molecule has 3 rings (SSSR count). The van der Waals surface area contributed by atoms with E-state index in [4.69, 9.17) is 0 Å². The molecule has 0 spiro atoms. The van der Waals surface area contributed by atoms with E-state index in [-0.39, 0.29) is 5.91 Å². The number of benzene rings is 1. The van der Waals surface area contributed by atoms with Crippen LogP contribution in [0.2, 0.25) is 0 Å². The summed E-state index contributed by atoms with van der Waals surface area (Å²) in [5.41, 5.74) is 3.38. The zero-order valence-electron chi connectivity index (χ0n) is 16.4. The Hall–Kier alpha value is -2.56. The van der Waals surface area contributed by atoms with Gasteiger partial charge in [-0.05, 0) is 61.6 Å². The van der Waals surface area contributed by atoms with E-state index in [0.29, 0.717) is 5.69 Å². The monoisotopic (exact) mass is 366 g/mol. The van der Waals surface area contributed by atoms with E-state index in [2.05, 4.69) is 46.5 Å². The van der Waals surface area contributed by atoms with Gasteiger partial charge in [0, 0.05) is 31.0 Å². The molecule has 1 aliphatic heterocycles. The predicted octanol–water partition coefficient (Wildman–Crippen LogP) is 4.78. The molecular formula is C22H30N4O. The number of nitrogens with zero attached hydrogens (tertiary/aromatic N) is 2. The van der Waals surface area contributed by atoms with E-state index < -0.39 is 0 Å². The molecule has 0 radical (unpaired) electrons. The minimum atomic E-state index is -0.186. The first-order valence-corrected chi connectivity index (χ1v) is 10.0. The summed E-state index contributed by atoms with van der Waals surface area (Å²) in [6.07, 6.45) is 6.47. The first-order valence-electron chi connectivity index (χ1n) is 10.0. The van der Waals surface area contributed by atoms with E-state index in [9.17, 15) is 4.79 Å². The Morgan fingerprint density at radius 1 is 1.11 bits per heavy atom. The van der Waals surface area contributed by atoms with Gasteiger partial charge in [0.05, 0.1) is 11.9 Å². The molecule has 2 N–H and O–H groups in total. The van der Waals surface area contributed by atoms with Crippen LogP contribution in [0.5, 0.6) is 0 Å². The maximum atomic E-state index is 12.4. The average Bonchev–Trinajstić information content (AvgIpc) is 2.70. The topological polar surface area (TPSA) is 57.3 Å². The van der Waals surface area contributed by atoms with Crippen molar-refractivity contribution >= 4 is 23.0 Å². The minimum absolute atomic E-state index is 0.186. The molecule has 1 amide bonds. The molecule has 1 aliphatic rings. The summed E-state index contributed by atoms with van der Waals surface area (Å²) < 4.78 is 0. The second kappa shape index (κ2) is 9.40. The molecule has 0 aliphatic carbocycles. The van der Waals surface area contributed by atoms with Gasteiger partial charge in [0.1, 0.15) is 5.69 Å². The average molecular weight is 367 g/mol. The number of piperidine rings is 1. The van der Waals surface area contributed by atoms with Gasteiger partial charge in [-0.25, -0.2) is 4.98 Å². The number of aromatic nitrogens is 1. The van der Waals surface area contributed by atoms with Gasteiger partial charge >= 0.3 is 0 Å². The molecule has 1 saturated heterocycles. The van der Waals surface area contributed by atoms with E-state index in [0.717, 1.165) is 49.8 Å². The summed E-state index contributed by atoms with van der Waals surface area (Å²) in [6.45, 7) is 7.61. The smallest absolute Gasteiger partial charge is 0.274 e. The van der Waals surface area contributed by atoms with Crippen LogP contribution < -0.4 is 15.5 Å². The lowest BCUT2D eigenvalue weighted by Crippen LogP contribution is -2.32. The number of hydrogen-bond acceptors (Lipinski definition) is 4. The summed E-state index contributed by atoms with van der Waals surface area (Å²) in [6, 6.07) is 11.8. The van der Waals surface area contributed by atoms with Crippen molar-refractivity contribution in [1.82, 2.24) is 4.98 Å². The number of nitrogens with one attached hydrogen (secondary N) is 2. The third kappa shape index (κ3) is 5.46. The lowest BCUT2D eigenvalue weighted by atomic mass is 9.99. The van der Waals surface area contributed by atoms with Crippen molar-refractivity contribution in [1.29, 1.82) is 0 Å². The van der Waals surface area contributed by atoms with Gasteiger partial charge < -0.3 is 15.5 Å². The molecule has 0 bridgehead atoms. The summed E-state index contributed by atoms with van der Waals surface area (Å²) in [5.74, 6) is 0.634. The van der Waals surface area contributed by atoms with Gasteiger partial charge in [0.25, 0.3) is 5.91 Å². The summed E-state index contributed by atoms with van der Waals surface area (Å²) in [7, 11) is 0. The summed E-state index contributed by atoms with van der Waals surface area (Å²) in [5, 5.41) is 6.23. The molecule has 2 heterocycles. The highest BCUT2D eigenvalue weighted by Gasteiger charge is 2.16. The SMILES string of the molecule is CCCCNc1ccc(C(=O)Nc2ccc(N3CCC(C)CC3)cc2)nc1. The van der Waals surface area contributed by atoms with Crippen molar-refractivity contribution < 1.29 is 4.79 Å². The van der Waals surface area contributed by atoms with Crippen molar-refractivity contribution in [2.24, 2.45) is 5.92 Å². The zero-order chi connectivity index (χ0) is 19.1. The number of hydrogen-bond donors (Lipinski definition) is 2. The Labute approximate surface area is 162 Å². The van der Waals surface area contributed by atoms with Gasteiger partial charge in [0.2, 0.25) is 0 Å². The lowest BCUT2D eigenvalue weighted by molar-refractivity contribution is 0.102. The van der Waals surface area contributed by atoms with Crippen molar-refractivity contribution in [2.45, 2.75) is 39.5 Å². The molecule has 0 saturated carbocycles. The van der Waals surface area contributed by atoms with Crippen LogP contribution in [0.4, 0.5) is 17.1 Å². The Morgan fingerprint density at radius 3 is 2.44 bits per heavy atom. The van der Waals surface area contributed by atoms with E-state index in [1.165, 1.54) is 18.5 Å². The Morgan fingerprint density at radius 2 is 1.81 bits per heavy atom. The minimum Gasteiger partial charge on any atom is -0.384 e. The molecular weight excluding hydrogens is 336 g/mol. The summed E-state index contributed by atoms with van der Waals surface area (Å²) >= 11 is 0. The Balaban J connectivity index is 1.54. The van der Waals surface area contributed by atoms with Gasteiger partial charge in [-0.1, -0.05) is 20.3 Å². The maximum absolute atomic E-state index is 12.4. The van der Waals surface area contributed by atoms with Crippen molar-refractivity contribution in [3.05, 3.63) is 48.3 Å². The molecule has 1 fully saturated rings. The standard InChI is InChI=1S/C22H30N4O/c1-3-4-13-23-19-7-10-21(24-16-19)22(27)25-18-5-8-20(9-6-18)26-14-11-17(2)12-15-26/h5-10,16-17,23H,3-4,11-15H2,1-2H3,(H,25,27). The van der Waals surface area contributed by atoms with Crippen LogP contribution in [0.3, 0.4) is 0 Å². The molecule has 2 aromatic rings. The third-order valence-electron chi connectivity index (χ3n) is 5.13. The fourth-order valence-corrected chi connectivity index (χ4v) is 3.26. The normalized spacial score (nSPS) is 14.8. The molecule has 0 unspecified atom stereocenters. The second-order valence-corrected chi connectivity index (χ2v) is 7.38. The van der Waals surface area contributed by atoms with Gasteiger partial charge in [-0.15, -0.1) is 0 Å². The number of carbonyl (C=O) groups excluding carboxylic acids is 1. The van der Waals surface area contributed by atoms with Crippen molar-refractivity contribution in [3.8, 4) is 0 Å². The second-order valence-electron chi connectivity index (χ2n) is 7.38. The quantitative estimate of drug-likeness (QED) is 0.692. The highest BCUT2D eigenvalue weighted by Crippen LogP contribution is 2.24. The van der Waals surface area contributed by atoms with E-state index >= 15 is 0 Å². The molecule has 1 aromatic heterocycles. The first kappa shape index (κ1) is 19.2. The highest BCUT2D eigenvalue weighted by atomic mass is 16.1. The van der Waals surface area contributed by atoms with Crippen LogP contribution in [-0.4, -0.2) is 30.5 Å². The van der Waals surface area contributed by atoms with Crippen molar-refractivity contribution in [3.63, 3.8) is 0 Å². The van der Waals surface area contributed by atoms with Crippen LogP contribution in [0.25, 0.3) is 0 Å². The van der Waals surface area contributed by atoms with Crippen molar-refractivity contribution in [2.75, 3.05) is 35.2 Å². The van der Waals surface area contributed by atoms with Crippen LogP contribution in [0, 0.1) is 5.92 Å². The van der Waals surface area contributed by atoms with Gasteiger partial charge in [-0.3, -0.25) is 4.79 Å². The van der Waals surface area contributed by atoms with Crippen LogP contribution in [-0.2, 0) is 0 Å². The molecule has 1 aromatic carbocycles. The van der Waals surface area contributed by atoms with Gasteiger partial charge in [-0.2, -0.15) is 0 Å².